The summed E-state index contributed by atoms with van der Waals surface area (Å²) in [4.78, 5) is 25.4. The van der Waals surface area contributed by atoms with Crippen molar-refractivity contribution in [3.8, 4) is 5.75 Å². The van der Waals surface area contributed by atoms with Gasteiger partial charge in [-0.05, 0) is 61.9 Å². The molecular weight excluding hydrogens is 420 g/mol. The smallest absolute Gasteiger partial charge is 0.251 e. The van der Waals surface area contributed by atoms with E-state index >= 15 is 0 Å². The fourth-order valence-corrected chi connectivity index (χ4v) is 4.34. The lowest BCUT2D eigenvalue weighted by atomic mass is 10.1. The molecule has 1 fully saturated rings. The number of hydrogen-bond acceptors (Lipinski definition) is 6. The topological polar surface area (TPSA) is 67.3 Å². The third kappa shape index (κ3) is 4.43. The molecular formula is C25H26N4O2S. The molecule has 7 heteroatoms. The van der Waals surface area contributed by atoms with E-state index in [0.717, 1.165) is 28.6 Å². The summed E-state index contributed by atoms with van der Waals surface area (Å²) in [6.07, 6.45) is 4.46. The highest BCUT2D eigenvalue weighted by Gasteiger charge is 2.28. The van der Waals surface area contributed by atoms with Crippen LogP contribution in [0.15, 0.2) is 53.4 Å². The molecule has 0 radical (unpaired) electrons. The Morgan fingerprint density at radius 2 is 1.97 bits per heavy atom. The van der Waals surface area contributed by atoms with Crippen LogP contribution in [0.2, 0.25) is 0 Å². The van der Waals surface area contributed by atoms with Crippen molar-refractivity contribution in [2.75, 3.05) is 24.3 Å². The Morgan fingerprint density at radius 3 is 2.72 bits per heavy atom. The van der Waals surface area contributed by atoms with Crippen LogP contribution in [0.25, 0.3) is 0 Å². The second kappa shape index (κ2) is 8.82. The molecule has 0 bridgehead atoms. The van der Waals surface area contributed by atoms with Crippen LogP contribution in [-0.2, 0) is 6.54 Å². The normalized spacial score (nSPS) is 15.1. The molecule has 0 saturated heterocycles. The van der Waals surface area contributed by atoms with E-state index in [2.05, 4.69) is 38.4 Å². The van der Waals surface area contributed by atoms with E-state index in [9.17, 15) is 4.79 Å². The van der Waals surface area contributed by atoms with Gasteiger partial charge in [0.05, 0.1) is 12.2 Å². The van der Waals surface area contributed by atoms with E-state index in [0.29, 0.717) is 36.9 Å². The summed E-state index contributed by atoms with van der Waals surface area (Å²) >= 11 is 1.70. The van der Waals surface area contributed by atoms with Gasteiger partial charge in [-0.1, -0.05) is 12.1 Å². The van der Waals surface area contributed by atoms with E-state index in [1.165, 1.54) is 17.7 Å². The zero-order valence-electron chi connectivity index (χ0n) is 18.3. The first-order chi connectivity index (χ1) is 15.6. The zero-order valence-corrected chi connectivity index (χ0v) is 19.1. The van der Waals surface area contributed by atoms with Crippen LogP contribution >= 0.6 is 11.8 Å². The fourth-order valence-electron chi connectivity index (χ4n) is 3.93. The molecule has 1 aliphatic carbocycles. The molecule has 6 nitrogen and oxygen atoms in total. The van der Waals surface area contributed by atoms with E-state index in [1.807, 2.05) is 43.5 Å². The van der Waals surface area contributed by atoms with E-state index in [1.54, 1.807) is 11.8 Å². The largest absolute Gasteiger partial charge is 0.490 e. The molecule has 0 unspecified atom stereocenters. The Morgan fingerprint density at radius 1 is 1.16 bits per heavy atom. The number of hydrogen-bond donors (Lipinski definition) is 1. The van der Waals surface area contributed by atoms with Crippen LogP contribution in [0.5, 0.6) is 5.75 Å². The van der Waals surface area contributed by atoms with Gasteiger partial charge in [0, 0.05) is 34.7 Å². The minimum atomic E-state index is -0.114. The minimum absolute atomic E-state index is 0.114. The van der Waals surface area contributed by atoms with Crippen molar-refractivity contribution in [3.05, 3.63) is 71.2 Å². The number of nitrogens with one attached hydrogen (secondary N) is 1. The summed E-state index contributed by atoms with van der Waals surface area (Å²) in [5.41, 5.74) is 3.72. The maximum atomic E-state index is 12.7. The highest BCUT2D eigenvalue weighted by Crippen LogP contribution is 2.42. The Balaban J connectivity index is 1.33. The molecule has 1 aliphatic heterocycles. The van der Waals surface area contributed by atoms with E-state index in [4.69, 9.17) is 4.74 Å². The first-order valence-corrected chi connectivity index (χ1v) is 12.1. The third-order valence-electron chi connectivity index (χ3n) is 5.81. The van der Waals surface area contributed by atoms with Gasteiger partial charge in [0.2, 0.25) is 0 Å². The number of nitrogens with zero attached hydrogens (tertiary/aromatic N) is 3. The lowest BCUT2D eigenvalue weighted by molar-refractivity contribution is 0.0950. The van der Waals surface area contributed by atoms with Gasteiger partial charge in [-0.15, -0.1) is 11.8 Å². The molecule has 32 heavy (non-hydrogen) atoms. The number of carbonyl (C=O) groups excluding carboxylic acids is 1. The third-order valence-corrected chi connectivity index (χ3v) is 6.56. The number of ether oxygens (including phenoxy) is 1. The number of thioether (sulfide) groups is 1. The van der Waals surface area contributed by atoms with Crippen LogP contribution in [0, 0.1) is 6.92 Å². The summed E-state index contributed by atoms with van der Waals surface area (Å²) in [6.45, 7) is 3.69. The second-order valence-electron chi connectivity index (χ2n) is 8.19. The van der Waals surface area contributed by atoms with Crippen LogP contribution in [0.3, 0.4) is 0 Å². The highest BCUT2D eigenvalue weighted by molar-refractivity contribution is 7.98. The molecule has 3 aromatic rings. The predicted molar refractivity (Wildman–Crippen MR) is 127 cm³/mol. The minimum Gasteiger partial charge on any atom is -0.490 e. The number of benzene rings is 2. The molecule has 1 aromatic heterocycles. The number of fused-ring (bicyclic) bond motifs is 1. The summed E-state index contributed by atoms with van der Waals surface area (Å²) in [5.74, 6) is 2.85. The Kier molecular flexibility index (Phi) is 5.74. The highest BCUT2D eigenvalue weighted by atomic mass is 32.2. The molecule has 1 N–H and O–H groups in total. The van der Waals surface area contributed by atoms with Crippen molar-refractivity contribution < 1.29 is 9.53 Å². The van der Waals surface area contributed by atoms with E-state index < -0.39 is 0 Å². The lowest BCUT2D eigenvalue weighted by Gasteiger charge is -2.31. The number of rotatable bonds is 6. The Labute approximate surface area is 192 Å². The van der Waals surface area contributed by atoms with Gasteiger partial charge < -0.3 is 15.0 Å². The molecule has 5 rings (SSSR count). The first kappa shape index (κ1) is 20.8. The maximum absolute atomic E-state index is 12.7. The van der Waals surface area contributed by atoms with Crippen molar-refractivity contribution in [1.29, 1.82) is 0 Å². The van der Waals surface area contributed by atoms with Crippen molar-refractivity contribution in [2.45, 2.75) is 37.1 Å². The number of amides is 1. The van der Waals surface area contributed by atoms with Gasteiger partial charge in [0.1, 0.15) is 24.0 Å². The number of aryl methyl sites for hydroxylation is 1. The monoisotopic (exact) mass is 446 g/mol. The summed E-state index contributed by atoms with van der Waals surface area (Å²) in [6, 6.07) is 15.9. The average molecular weight is 447 g/mol. The maximum Gasteiger partial charge on any atom is 0.251 e. The van der Waals surface area contributed by atoms with Crippen molar-refractivity contribution in [2.24, 2.45) is 0 Å². The average Bonchev–Trinajstić information content (AvgIpc) is 3.67. The summed E-state index contributed by atoms with van der Waals surface area (Å²) < 4.78 is 5.91. The molecule has 0 spiro atoms. The molecule has 2 aromatic carbocycles. The number of carbonyl (C=O) groups is 1. The van der Waals surface area contributed by atoms with Crippen LogP contribution in [0.1, 0.15) is 46.2 Å². The zero-order chi connectivity index (χ0) is 22.1. The molecule has 164 valence electrons. The first-order valence-electron chi connectivity index (χ1n) is 10.9. The summed E-state index contributed by atoms with van der Waals surface area (Å²) in [7, 11) is 0. The molecule has 2 aliphatic rings. The molecule has 2 heterocycles. The van der Waals surface area contributed by atoms with Gasteiger partial charge >= 0.3 is 0 Å². The second-order valence-corrected chi connectivity index (χ2v) is 9.07. The van der Waals surface area contributed by atoms with Gasteiger partial charge in [0.15, 0.2) is 0 Å². The molecule has 1 saturated carbocycles. The Hall–Kier alpha value is -3.06. The van der Waals surface area contributed by atoms with Crippen LogP contribution in [0.4, 0.5) is 11.5 Å². The van der Waals surface area contributed by atoms with Crippen molar-refractivity contribution in [3.63, 3.8) is 0 Å². The molecule has 0 atom stereocenters. The molecule has 1 amide bonds. The quantitative estimate of drug-likeness (QED) is 0.546. The van der Waals surface area contributed by atoms with Crippen molar-refractivity contribution in [1.82, 2.24) is 15.3 Å². The van der Waals surface area contributed by atoms with Gasteiger partial charge in [-0.2, -0.15) is 0 Å². The van der Waals surface area contributed by atoms with Crippen LogP contribution in [-0.4, -0.2) is 35.3 Å². The van der Waals surface area contributed by atoms with Gasteiger partial charge in [-0.3, -0.25) is 4.79 Å². The Bertz CT molecular complexity index is 1150. The predicted octanol–water partition coefficient (Wildman–Crippen LogP) is 4.84. The van der Waals surface area contributed by atoms with Crippen molar-refractivity contribution >= 4 is 29.2 Å². The van der Waals surface area contributed by atoms with Gasteiger partial charge in [0.25, 0.3) is 5.91 Å². The number of aromatic nitrogens is 2. The lowest BCUT2D eigenvalue weighted by Crippen LogP contribution is -2.30. The SMILES string of the molecule is CSc1ccc(CNC(=O)c2ccc3c(c2)OCCN3c2cc(C3CC3)nc(C)n2)cc1. The summed E-state index contributed by atoms with van der Waals surface area (Å²) in [5, 5.41) is 3.00. The van der Waals surface area contributed by atoms with Gasteiger partial charge in [-0.25, -0.2) is 9.97 Å². The van der Waals surface area contributed by atoms with E-state index in [-0.39, 0.29) is 5.91 Å². The standard InChI is InChI=1S/C25H26N4O2S/c1-16-27-21(18-5-6-18)14-24(28-16)29-11-12-31-23-13-19(7-10-22(23)29)25(30)26-15-17-3-8-20(32-2)9-4-17/h3-4,7-10,13-14,18H,5-6,11-12,15H2,1-2H3,(H,26,30). The fraction of sp³-hybridized carbons (Fsp3) is 0.320. The van der Waals surface area contributed by atoms with Crippen LogP contribution < -0.4 is 15.0 Å². The number of anilines is 2.